The van der Waals surface area contributed by atoms with Crippen LogP contribution >= 0.6 is 11.6 Å². The van der Waals surface area contributed by atoms with Crippen molar-refractivity contribution in [2.24, 2.45) is 0 Å². The summed E-state index contributed by atoms with van der Waals surface area (Å²) in [7, 11) is 0. The molecule has 1 N–H and O–H groups in total. The lowest BCUT2D eigenvalue weighted by Crippen LogP contribution is -2.29. The number of ether oxygens (including phenoxy) is 1. The predicted molar refractivity (Wildman–Crippen MR) is 134 cm³/mol. The topological polar surface area (TPSA) is 80.0 Å². The van der Waals surface area contributed by atoms with Gasteiger partial charge < -0.3 is 19.2 Å². The van der Waals surface area contributed by atoms with Crippen molar-refractivity contribution in [1.29, 1.82) is 0 Å². The first-order chi connectivity index (χ1) is 16.8. The van der Waals surface area contributed by atoms with Crippen molar-refractivity contribution >= 4 is 28.5 Å². The molecular formula is C28H24ClNO5. The number of fused-ring (bicyclic) bond motifs is 2. The van der Waals surface area contributed by atoms with Crippen LogP contribution in [0, 0.1) is 13.8 Å². The molecule has 0 fully saturated rings. The summed E-state index contributed by atoms with van der Waals surface area (Å²) < 4.78 is 11.7. The summed E-state index contributed by atoms with van der Waals surface area (Å²) in [6.45, 7) is 6.21. The van der Waals surface area contributed by atoms with E-state index >= 15 is 0 Å². The smallest absolute Gasteiger partial charge is 0.291 e. The van der Waals surface area contributed by atoms with Crippen LogP contribution in [-0.4, -0.2) is 22.5 Å². The molecule has 6 nitrogen and oxygen atoms in total. The predicted octanol–water partition coefficient (Wildman–Crippen LogP) is 5.91. The molecule has 35 heavy (non-hydrogen) atoms. The van der Waals surface area contributed by atoms with Gasteiger partial charge in [-0.2, -0.15) is 0 Å². The number of carbonyl (C=O) groups excluding carboxylic acids is 1. The number of halogens is 1. The molecule has 0 saturated heterocycles. The van der Waals surface area contributed by atoms with Crippen LogP contribution in [0.1, 0.15) is 51.3 Å². The Labute approximate surface area is 207 Å². The zero-order valence-electron chi connectivity index (χ0n) is 19.6. The Kier molecular flexibility index (Phi) is 5.77. The van der Waals surface area contributed by atoms with Crippen LogP contribution in [0.2, 0.25) is 5.02 Å². The molecule has 1 aliphatic heterocycles. The fraction of sp³-hybridized carbons (Fsp3) is 0.214. The quantitative estimate of drug-likeness (QED) is 0.377. The number of hydrogen-bond donors (Lipinski definition) is 1. The highest BCUT2D eigenvalue weighted by molar-refractivity contribution is 6.31. The van der Waals surface area contributed by atoms with Gasteiger partial charge >= 0.3 is 0 Å². The monoisotopic (exact) mass is 489 g/mol. The maximum Gasteiger partial charge on any atom is 0.291 e. The van der Waals surface area contributed by atoms with Crippen LogP contribution in [-0.2, 0) is 6.54 Å². The van der Waals surface area contributed by atoms with Gasteiger partial charge in [-0.1, -0.05) is 35.9 Å². The minimum Gasteiger partial charge on any atom is -0.504 e. The second-order valence-electron chi connectivity index (χ2n) is 8.69. The SMILES string of the molecule is CCOc1cc(C2c3c(oc4cc(C)c(C)cc4c3=O)C(=O)N2Cc2ccccc2Cl)ccc1O. The van der Waals surface area contributed by atoms with Crippen LogP contribution < -0.4 is 10.2 Å². The van der Waals surface area contributed by atoms with Gasteiger partial charge in [-0.3, -0.25) is 9.59 Å². The molecule has 7 heteroatoms. The molecule has 4 aromatic rings. The maximum absolute atomic E-state index is 13.8. The number of aromatic hydroxyl groups is 1. The van der Waals surface area contributed by atoms with E-state index in [1.165, 1.54) is 6.07 Å². The second-order valence-corrected chi connectivity index (χ2v) is 9.10. The van der Waals surface area contributed by atoms with Crippen molar-refractivity contribution in [3.63, 3.8) is 0 Å². The fourth-order valence-corrected chi connectivity index (χ4v) is 4.76. The highest BCUT2D eigenvalue weighted by atomic mass is 35.5. The van der Waals surface area contributed by atoms with Gasteiger partial charge in [0.15, 0.2) is 16.9 Å². The zero-order chi connectivity index (χ0) is 24.9. The third kappa shape index (κ3) is 3.84. The molecule has 0 bridgehead atoms. The Bertz CT molecular complexity index is 1540. The fourth-order valence-electron chi connectivity index (χ4n) is 4.57. The summed E-state index contributed by atoms with van der Waals surface area (Å²) in [5.41, 5.74) is 3.69. The normalized spacial score (nSPS) is 15.0. The molecule has 3 aromatic carbocycles. The lowest BCUT2D eigenvalue weighted by atomic mass is 9.97. The van der Waals surface area contributed by atoms with Crippen LogP contribution in [0.3, 0.4) is 0 Å². The minimum atomic E-state index is -0.740. The van der Waals surface area contributed by atoms with Gasteiger partial charge in [0.05, 0.1) is 23.6 Å². The van der Waals surface area contributed by atoms with Crippen molar-refractivity contribution in [2.75, 3.05) is 6.61 Å². The first-order valence-electron chi connectivity index (χ1n) is 11.4. The Morgan fingerprint density at radius 1 is 1.06 bits per heavy atom. The molecule has 1 atom stereocenters. The summed E-state index contributed by atoms with van der Waals surface area (Å²) in [6.07, 6.45) is 0. The number of hydrogen-bond acceptors (Lipinski definition) is 5. The van der Waals surface area contributed by atoms with E-state index in [2.05, 4.69) is 0 Å². The number of aryl methyl sites for hydroxylation is 2. The summed E-state index contributed by atoms with van der Waals surface area (Å²) in [6, 6.07) is 15.0. The Balaban J connectivity index is 1.75. The van der Waals surface area contributed by atoms with Gasteiger partial charge in [0, 0.05) is 11.6 Å². The molecule has 5 rings (SSSR count). The molecular weight excluding hydrogens is 466 g/mol. The summed E-state index contributed by atoms with van der Waals surface area (Å²) >= 11 is 6.42. The number of phenols is 1. The summed E-state index contributed by atoms with van der Waals surface area (Å²) in [5, 5.41) is 11.2. The van der Waals surface area contributed by atoms with Crippen LogP contribution in [0.4, 0.5) is 0 Å². The maximum atomic E-state index is 13.8. The van der Waals surface area contributed by atoms with E-state index in [9.17, 15) is 14.7 Å². The number of phenolic OH excluding ortho intramolecular Hbond substituents is 1. The van der Waals surface area contributed by atoms with E-state index in [0.717, 1.165) is 16.7 Å². The van der Waals surface area contributed by atoms with Crippen molar-refractivity contribution in [2.45, 2.75) is 33.4 Å². The van der Waals surface area contributed by atoms with Gasteiger partial charge in [0.1, 0.15) is 5.58 Å². The number of benzene rings is 3. The van der Waals surface area contributed by atoms with E-state index in [0.29, 0.717) is 28.2 Å². The molecule has 178 valence electrons. The van der Waals surface area contributed by atoms with Gasteiger partial charge in [-0.25, -0.2) is 0 Å². The highest BCUT2D eigenvalue weighted by Gasteiger charge is 2.43. The van der Waals surface area contributed by atoms with Gasteiger partial charge in [-0.05, 0) is 73.4 Å². The third-order valence-corrected chi connectivity index (χ3v) is 6.85. The van der Waals surface area contributed by atoms with Crippen molar-refractivity contribution in [1.82, 2.24) is 4.90 Å². The highest BCUT2D eigenvalue weighted by Crippen LogP contribution is 2.42. The van der Waals surface area contributed by atoms with Gasteiger partial charge in [-0.15, -0.1) is 0 Å². The first-order valence-corrected chi connectivity index (χ1v) is 11.8. The van der Waals surface area contributed by atoms with Crippen LogP contribution in [0.25, 0.3) is 11.0 Å². The number of nitrogens with zero attached hydrogens (tertiary/aromatic N) is 1. The Morgan fingerprint density at radius 3 is 2.54 bits per heavy atom. The minimum absolute atomic E-state index is 0.0190. The van der Waals surface area contributed by atoms with E-state index in [-0.39, 0.29) is 34.8 Å². The molecule has 0 aliphatic carbocycles. The standard InChI is InChI=1S/C28H24ClNO5/c1-4-34-23-13-17(9-10-21(23)31)25-24-26(32)19-11-15(2)16(3)12-22(19)35-27(24)28(33)30(25)14-18-7-5-6-8-20(18)29/h5-13,25,31H,4,14H2,1-3H3. The van der Waals surface area contributed by atoms with Crippen molar-refractivity contribution in [3.05, 3.63) is 103 Å². The molecule has 0 spiro atoms. The molecule has 1 amide bonds. The summed E-state index contributed by atoms with van der Waals surface area (Å²) in [4.78, 5) is 29.1. The van der Waals surface area contributed by atoms with E-state index in [4.69, 9.17) is 20.8 Å². The van der Waals surface area contributed by atoms with Crippen molar-refractivity contribution < 1.29 is 19.1 Å². The largest absolute Gasteiger partial charge is 0.504 e. The summed E-state index contributed by atoms with van der Waals surface area (Å²) in [5.74, 6) is -0.114. The molecule has 2 heterocycles. The third-order valence-electron chi connectivity index (χ3n) is 6.48. The van der Waals surface area contributed by atoms with Crippen molar-refractivity contribution in [3.8, 4) is 11.5 Å². The molecule has 1 aliphatic rings. The molecule has 0 saturated carbocycles. The van der Waals surface area contributed by atoms with Crippen LogP contribution in [0.15, 0.2) is 63.8 Å². The Morgan fingerprint density at radius 2 is 1.80 bits per heavy atom. The zero-order valence-corrected chi connectivity index (χ0v) is 20.3. The average Bonchev–Trinajstić information content (AvgIpc) is 3.10. The Hall–Kier alpha value is -3.77. The van der Waals surface area contributed by atoms with Gasteiger partial charge in [0.2, 0.25) is 5.76 Å². The molecule has 1 unspecified atom stereocenters. The molecule has 0 radical (unpaired) electrons. The van der Waals surface area contributed by atoms with E-state index in [1.54, 1.807) is 35.2 Å². The average molecular weight is 490 g/mol. The van der Waals surface area contributed by atoms with Gasteiger partial charge in [0.25, 0.3) is 5.91 Å². The van der Waals surface area contributed by atoms with E-state index < -0.39 is 11.9 Å². The number of carbonyl (C=O) groups is 1. The lowest BCUT2D eigenvalue weighted by molar-refractivity contribution is 0.0714. The second kappa shape index (κ2) is 8.78. The first kappa shape index (κ1) is 23.0. The van der Waals surface area contributed by atoms with Crippen LogP contribution in [0.5, 0.6) is 11.5 Å². The number of rotatable bonds is 5. The van der Waals surface area contributed by atoms with E-state index in [1.807, 2.05) is 39.0 Å². The lowest BCUT2D eigenvalue weighted by Gasteiger charge is -2.26. The molecule has 1 aromatic heterocycles. The number of amides is 1.